The third kappa shape index (κ3) is 6.45. The number of ether oxygens (including phenoxy) is 1. The molecule has 1 aromatic carbocycles. The van der Waals surface area contributed by atoms with Crippen LogP contribution in [0.4, 0.5) is 17.6 Å². The van der Waals surface area contributed by atoms with Gasteiger partial charge in [0.1, 0.15) is 5.82 Å². The maximum atomic E-state index is 13.6. The van der Waals surface area contributed by atoms with Gasteiger partial charge in [-0.1, -0.05) is 6.07 Å². The third-order valence-electron chi connectivity index (χ3n) is 4.11. The van der Waals surface area contributed by atoms with E-state index in [2.05, 4.69) is 15.6 Å². The Bertz CT molecular complexity index is 621. The zero-order chi connectivity index (χ0) is 19.2. The lowest BCUT2D eigenvalue weighted by molar-refractivity contribution is -0.143. The van der Waals surface area contributed by atoms with Crippen molar-refractivity contribution in [3.05, 3.63) is 35.1 Å². The average Bonchev–Trinajstić information content (AvgIpc) is 2.99. The Morgan fingerprint density at radius 3 is 2.81 bits per heavy atom. The standard InChI is InChI=1S/C17H24F4N4O/c1-22-16(24-14-5-6-25(9-14)11-17(19,20)21)23-8-12-3-4-15(18)13(7-12)10-26-2/h3-4,7,14H,5-6,8-11H2,1-2H3,(H2,22,23,24). The molecule has 0 radical (unpaired) electrons. The highest BCUT2D eigenvalue weighted by Crippen LogP contribution is 2.20. The molecule has 0 amide bonds. The van der Waals surface area contributed by atoms with Gasteiger partial charge in [0.25, 0.3) is 0 Å². The Kier molecular flexibility index (Phi) is 7.22. The minimum absolute atomic E-state index is 0.0965. The summed E-state index contributed by atoms with van der Waals surface area (Å²) in [6.45, 7) is 0.412. The number of aliphatic imine (C=N–C) groups is 1. The summed E-state index contributed by atoms with van der Waals surface area (Å²) in [6.07, 6.45) is -3.57. The molecule has 0 spiro atoms. The summed E-state index contributed by atoms with van der Waals surface area (Å²) in [5.41, 5.74) is 1.32. The normalized spacial score (nSPS) is 19.0. The molecule has 9 heteroatoms. The maximum absolute atomic E-state index is 13.6. The van der Waals surface area contributed by atoms with Gasteiger partial charge >= 0.3 is 6.18 Å². The monoisotopic (exact) mass is 376 g/mol. The average molecular weight is 376 g/mol. The van der Waals surface area contributed by atoms with E-state index in [4.69, 9.17) is 4.74 Å². The van der Waals surface area contributed by atoms with E-state index in [1.807, 2.05) is 0 Å². The van der Waals surface area contributed by atoms with Crippen LogP contribution >= 0.6 is 0 Å². The van der Waals surface area contributed by atoms with E-state index in [0.29, 0.717) is 37.6 Å². The van der Waals surface area contributed by atoms with Crippen LogP contribution < -0.4 is 10.6 Å². The zero-order valence-corrected chi connectivity index (χ0v) is 14.9. The largest absolute Gasteiger partial charge is 0.401 e. The van der Waals surface area contributed by atoms with Crippen LogP contribution in [0.2, 0.25) is 0 Å². The lowest BCUT2D eigenvalue weighted by Crippen LogP contribution is -2.44. The highest BCUT2D eigenvalue weighted by atomic mass is 19.4. The second-order valence-electron chi connectivity index (χ2n) is 6.26. The van der Waals surface area contributed by atoms with E-state index in [1.165, 1.54) is 18.1 Å². The highest BCUT2D eigenvalue weighted by molar-refractivity contribution is 5.80. The number of hydrogen-bond donors (Lipinski definition) is 2. The summed E-state index contributed by atoms with van der Waals surface area (Å²) in [5, 5.41) is 6.23. The van der Waals surface area contributed by atoms with Crippen molar-refractivity contribution in [3.8, 4) is 0 Å². The number of benzene rings is 1. The fourth-order valence-corrected chi connectivity index (χ4v) is 2.93. The molecular weight excluding hydrogens is 352 g/mol. The molecule has 0 aromatic heterocycles. The van der Waals surface area contributed by atoms with Crippen molar-refractivity contribution in [2.24, 2.45) is 4.99 Å². The molecular formula is C17H24F4N4O. The first kappa shape index (κ1) is 20.4. The van der Waals surface area contributed by atoms with Crippen molar-refractivity contribution in [2.45, 2.75) is 31.8 Å². The fraction of sp³-hybridized carbons (Fsp3) is 0.588. The van der Waals surface area contributed by atoms with Gasteiger partial charge in [0.15, 0.2) is 5.96 Å². The van der Waals surface area contributed by atoms with Crippen LogP contribution in [0.1, 0.15) is 17.5 Å². The quantitative estimate of drug-likeness (QED) is 0.454. The van der Waals surface area contributed by atoms with Gasteiger partial charge in [0.2, 0.25) is 0 Å². The minimum Gasteiger partial charge on any atom is -0.380 e. The number of likely N-dealkylation sites (tertiary alicyclic amines) is 1. The summed E-state index contributed by atoms with van der Waals surface area (Å²) in [6, 6.07) is 4.66. The van der Waals surface area contributed by atoms with Gasteiger partial charge in [0.05, 0.1) is 13.2 Å². The Labute approximate surface area is 150 Å². The lowest BCUT2D eigenvalue weighted by atomic mass is 10.1. The van der Waals surface area contributed by atoms with Crippen molar-refractivity contribution < 1.29 is 22.3 Å². The van der Waals surface area contributed by atoms with E-state index < -0.39 is 12.7 Å². The van der Waals surface area contributed by atoms with Crippen LogP contribution in [0, 0.1) is 5.82 Å². The minimum atomic E-state index is -4.18. The predicted octanol–water partition coefficient (Wildman–Crippen LogP) is 2.27. The Hall–Kier alpha value is -1.87. The molecule has 2 N–H and O–H groups in total. The molecule has 1 unspecified atom stereocenters. The second-order valence-corrected chi connectivity index (χ2v) is 6.26. The summed E-state index contributed by atoms with van der Waals surface area (Å²) in [4.78, 5) is 5.47. The number of hydrogen-bond acceptors (Lipinski definition) is 3. The molecule has 1 heterocycles. The molecule has 26 heavy (non-hydrogen) atoms. The maximum Gasteiger partial charge on any atom is 0.401 e. The number of alkyl halides is 3. The fourth-order valence-electron chi connectivity index (χ4n) is 2.93. The van der Waals surface area contributed by atoms with E-state index >= 15 is 0 Å². The van der Waals surface area contributed by atoms with Crippen molar-refractivity contribution in [3.63, 3.8) is 0 Å². The van der Waals surface area contributed by atoms with Crippen molar-refractivity contribution in [2.75, 3.05) is 33.8 Å². The number of guanidine groups is 1. The van der Waals surface area contributed by atoms with Gasteiger partial charge in [-0.15, -0.1) is 0 Å². The molecule has 1 aliphatic rings. The first-order valence-electron chi connectivity index (χ1n) is 8.33. The smallest absolute Gasteiger partial charge is 0.380 e. The molecule has 2 rings (SSSR count). The van der Waals surface area contributed by atoms with Gasteiger partial charge in [-0.2, -0.15) is 13.2 Å². The topological polar surface area (TPSA) is 48.9 Å². The van der Waals surface area contributed by atoms with Gasteiger partial charge in [-0.3, -0.25) is 9.89 Å². The van der Waals surface area contributed by atoms with E-state index in [9.17, 15) is 17.6 Å². The molecule has 1 aliphatic heterocycles. The van der Waals surface area contributed by atoms with Crippen LogP contribution in [0.3, 0.4) is 0 Å². The van der Waals surface area contributed by atoms with Gasteiger partial charge in [0, 0.05) is 45.4 Å². The number of halogens is 4. The molecule has 0 bridgehead atoms. The molecule has 5 nitrogen and oxygen atoms in total. The van der Waals surface area contributed by atoms with Gasteiger partial charge in [-0.05, 0) is 24.1 Å². The molecule has 1 aromatic rings. The molecule has 1 saturated heterocycles. The molecule has 1 atom stereocenters. The van der Waals surface area contributed by atoms with Gasteiger partial charge < -0.3 is 15.4 Å². The third-order valence-corrected chi connectivity index (χ3v) is 4.11. The summed E-state index contributed by atoms with van der Waals surface area (Å²) >= 11 is 0. The second kappa shape index (κ2) is 9.18. The lowest BCUT2D eigenvalue weighted by Gasteiger charge is -2.20. The molecule has 0 saturated carbocycles. The highest BCUT2D eigenvalue weighted by Gasteiger charge is 2.34. The number of methoxy groups -OCH3 is 1. The van der Waals surface area contributed by atoms with E-state index in [-0.39, 0.29) is 18.5 Å². The SMILES string of the molecule is CN=C(NCc1ccc(F)c(COC)c1)NC1CCN(CC(F)(F)F)C1. The first-order valence-corrected chi connectivity index (χ1v) is 8.33. The van der Waals surface area contributed by atoms with Crippen LogP contribution in [0.5, 0.6) is 0 Å². The number of rotatable bonds is 6. The predicted molar refractivity (Wildman–Crippen MR) is 91.3 cm³/mol. The van der Waals surface area contributed by atoms with Crippen LogP contribution in [0.15, 0.2) is 23.2 Å². The number of nitrogens with zero attached hydrogens (tertiary/aromatic N) is 2. The van der Waals surface area contributed by atoms with E-state index in [1.54, 1.807) is 19.2 Å². The Morgan fingerprint density at radius 1 is 1.38 bits per heavy atom. The van der Waals surface area contributed by atoms with Crippen LogP contribution in [-0.4, -0.2) is 56.9 Å². The van der Waals surface area contributed by atoms with Crippen LogP contribution in [0.25, 0.3) is 0 Å². The Morgan fingerprint density at radius 2 is 2.15 bits per heavy atom. The number of nitrogens with one attached hydrogen (secondary N) is 2. The van der Waals surface area contributed by atoms with Crippen LogP contribution in [-0.2, 0) is 17.9 Å². The zero-order valence-electron chi connectivity index (χ0n) is 14.9. The van der Waals surface area contributed by atoms with E-state index in [0.717, 1.165) is 5.56 Å². The van der Waals surface area contributed by atoms with Crippen molar-refractivity contribution in [1.82, 2.24) is 15.5 Å². The molecule has 0 aliphatic carbocycles. The van der Waals surface area contributed by atoms with Crippen molar-refractivity contribution in [1.29, 1.82) is 0 Å². The van der Waals surface area contributed by atoms with Gasteiger partial charge in [-0.25, -0.2) is 4.39 Å². The molecule has 1 fully saturated rings. The summed E-state index contributed by atoms with van der Waals surface area (Å²) in [7, 11) is 3.10. The summed E-state index contributed by atoms with van der Waals surface area (Å²) < 4.78 is 55.9. The molecule has 146 valence electrons. The Balaban J connectivity index is 1.84. The first-order chi connectivity index (χ1) is 12.3. The van der Waals surface area contributed by atoms with Crippen molar-refractivity contribution >= 4 is 5.96 Å². The summed E-state index contributed by atoms with van der Waals surface area (Å²) in [5.74, 6) is 0.176.